The fourth-order valence-corrected chi connectivity index (χ4v) is 3.36. The van der Waals surface area contributed by atoms with Crippen LogP contribution in [0.4, 0.5) is 5.69 Å². The predicted molar refractivity (Wildman–Crippen MR) is 116 cm³/mol. The average Bonchev–Trinajstić information content (AvgIpc) is 3.41. The van der Waals surface area contributed by atoms with Crippen LogP contribution in [-0.2, 0) is 11.3 Å². The van der Waals surface area contributed by atoms with Crippen LogP contribution in [0.3, 0.4) is 0 Å². The number of carbonyl (C=O) groups is 2. The van der Waals surface area contributed by atoms with Crippen LogP contribution in [-0.4, -0.2) is 44.1 Å². The van der Waals surface area contributed by atoms with E-state index in [1.807, 2.05) is 30.5 Å². The number of anilines is 1. The molecule has 1 atom stereocenters. The van der Waals surface area contributed by atoms with E-state index in [-0.39, 0.29) is 24.5 Å². The Kier molecular flexibility index (Phi) is 7.62. The van der Waals surface area contributed by atoms with Crippen LogP contribution >= 0.6 is 0 Å². The molecule has 0 unspecified atom stereocenters. The van der Waals surface area contributed by atoms with Crippen LogP contribution in [0.1, 0.15) is 49.5 Å². The molecule has 4 N–H and O–H groups in total. The van der Waals surface area contributed by atoms with Crippen molar-refractivity contribution in [1.82, 2.24) is 19.9 Å². The maximum absolute atomic E-state index is 12.1. The first kappa shape index (κ1) is 21.6. The van der Waals surface area contributed by atoms with E-state index in [1.54, 1.807) is 0 Å². The van der Waals surface area contributed by atoms with Gasteiger partial charge in [0.2, 0.25) is 5.91 Å². The summed E-state index contributed by atoms with van der Waals surface area (Å²) in [6.45, 7) is 2.58. The molecule has 0 aliphatic rings. The molecule has 160 valence electrons. The molecule has 0 radical (unpaired) electrons. The molecule has 30 heavy (non-hydrogen) atoms. The van der Waals surface area contributed by atoms with Crippen molar-refractivity contribution in [1.29, 1.82) is 0 Å². The van der Waals surface area contributed by atoms with Crippen LogP contribution in [0.5, 0.6) is 0 Å². The Morgan fingerprint density at radius 3 is 2.87 bits per heavy atom. The first-order chi connectivity index (χ1) is 14.6. The fourth-order valence-electron chi connectivity index (χ4n) is 3.36. The SMILES string of the molecule is CCCCCC(=O)Nc1ccc2ccn(CC[C@H](CO)NC(=O)c3cnc[nH]3)c2c1. The standard InChI is InChI=1S/C22H29N5O3/c1-2-3-4-5-21(29)25-17-7-6-16-8-10-27(20(16)12-17)11-9-18(14-28)26-22(30)19-13-23-15-24-19/h6-8,10,12-13,15,18,28H,2-5,9,11,14H2,1H3,(H,23,24)(H,25,29)(H,26,30)/t18-/m1/s1. The minimum absolute atomic E-state index is 0.0303. The van der Waals surface area contributed by atoms with E-state index < -0.39 is 0 Å². The Bertz CT molecular complexity index is 964. The normalized spacial score (nSPS) is 12.1. The molecular formula is C22H29N5O3. The lowest BCUT2D eigenvalue weighted by atomic mass is 10.2. The molecule has 3 rings (SSSR count). The van der Waals surface area contributed by atoms with Crippen molar-refractivity contribution in [2.24, 2.45) is 0 Å². The zero-order valence-electron chi connectivity index (χ0n) is 17.2. The molecule has 2 heterocycles. The topological polar surface area (TPSA) is 112 Å². The lowest BCUT2D eigenvalue weighted by Gasteiger charge is -2.16. The Morgan fingerprint density at radius 1 is 1.27 bits per heavy atom. The van der Waals surface area contributed by atoms with Gasteiger partial charge in [-0.25, -0.2) is 4.98 Å². The summed E-state index contributed by atoms with van der Waals surface area (Å²) in [7, 11) is 0. The maximum atomic E-state index is 12.1. The molecular weight excluding hydrogens is 382 g/mol. The third-order valence-corrected chi connectivity index (χ3v) is 5.08. The number of hydrogen-bond acceptors (Lipinski definition) is 4. The molecule has 2 amide bonds. The second kappa shape index (κ2) is 10.6. The predicted octanol–water partition coefficient (Wildman–Crippen LogP) is 3.06. The number of aromatic amines is 1. The van der Waals surface area contributed by atoms with Gasteiger partial charge in [-0.05, 0) is 36.4 Å². The third kappa shape index (κ3) is 5.70. The summed E-state index contributed by atoms with van der Waals surface area (Å²) in [5, 5.41) is 16.5. The van der Waals surface area contributed by atoms with Gasteiger partial charge in [0.15, 0.2) is 0 Å². The molecule has 0 aliphatic heterocycles. The summed E-state index contributed by atoms with van der Waals surface area (Å²) in [5.74, 6) is -0.264. The number of unbranched alkanes of at least 4 members (excludes halogenated alkanes) is 2. The van der Waals surface area contributed by atoms with Gasteiger partial charge in [0.1, 0.15) is 5.69 Å². The zero-order valence-corrected chi connectivity index (χ0v) is 17.2. The number of fused-ring (bicyclic) bond motifs is 1. The molecule has 0 spiro atoms. The largest absolute Gasteiger partial charge is 0.394 e. The van der Waals surface area contributed by atoms with Crippen LogP contribution in [0.2, 0.25) is 0 Å². The molecule has 2 aromatic heterocycles. The molecule has 8 nitrogen and oxygen atoms in total. The van der Waals surface area contributed by atoms with E-state index >= 15 is 0 Å². The van der Waals surface area contributed by atoms with Crippen molar-refractivity contribution in [3.05, 3.63) is 48.7 Å². The number of aliphatic hydroxyl groups is 1. The van der Waals surface area contributed by atoms with Crippen molar-refractivity contribution in [3.63, 3.8) is 0 Å². The Morgan fingerprint density at radius 2 is 2.13 bits per heavy atom. The van der Waals surface area contributed by atoms with Gasteiger partial charge in [0, 0.05) is 24.8 Å². The minimum atomic E-state index is -0.375. The van der Waals surface area contributed by atoms with E-state index in [0.29, 0.717) is 25.1 Å². The molecule has 0 saturated carbocycles. The third-order valence-electron chi connectivity index (χ3n) is 5.08. The quantitative estimate of drug-likeness (QED) is 0.363. The number of hydrogen-bond donors (Lipinski definition) is 4. The van der Waals surface area contributed by atoms with Crippen LogP contribution in [0, 0.1) is 0 Å². The van der Waals surface area contributed by atoms with Crippen molar-refractivity contribution < 1.29 is 14.7 Å². The lowest BCUT2D eigenvalue weighted by molar-refractivity contribution is -0.116. The van der Waals surface area contributed by atoms with Gasteiger partial charge in [0.05, 0.1) is 30.7 Å². The first-order valence-corrected chi connectivity index (χ1v) is 10.4. The summed E-state index contributed by atoms with van der Waals surface area (Å²) >= 11 is 0. The summed E-state index contributed by atoms with van der Waals surface area (Å²) in [6.07, 6.45) is 8.99. The highest BCUT2D eigenvalue weighted by Crippen LogP contribution is 2.21. The van der Waals surface area contributed by atoms with Gasteiger partial charge >= 0.3 is 0 Å². The Balaban J connectivity index is 1.61. The van der Waals surface area contributed by atoms with E-state index in [4.69, 9.17) is 0 Å². The number of aryl methyl sites for hydroxylation is 1. The summed E-state index contributed by atoms with van der Waals surface area (Å²) < 4.78 is 2.06. The summed E-state index contributed by atoms with van der Waals surface area (Å²) in [4.78, 5) is 30.8. The Labute approximate surface area is 175 Å². The van der Waals surface area contributed by atoms with Crippen LogP contribution in [0.15, 0.2) is 43.0 Å². The van der Waals surface area contributed by atoms with Crippen LogP contribution in [0.25, 0.3) is 10.9 Å². The smallest absolute Gasteiger partial charge is 0.269 e. The van der Waals surface area contributed by atoms with Gasteiger partial charge < -0.3 is 25.3 Å². The maximum Gasteiger partial charge on any atom is 0.269 e. The minimum Gasteiger partial charge on any atom is -0.394 e. The van der Waals surface area contributed by atoms with E-state index in [9.17, 15) is 14.7 Å². The van der Waals surface area contributed by atoms with Crippen molar-refractivity contribution >= 4 is 28.4 Å². The molecule has 0 fully saturated rings. The second-order valence-electron chi connectivity index (χ2n) is 7.39. The van der Waals surface area contributed by atoms with Crippen LogP contribution < -0.4 is 10.6 Å². The van der Waals surface area contributed by atoms with E-state index in [0.717, 1.165) is 35.9 Å². The number of aromatic nitrogens is 3. The van der Waals surface area contributed by atoms with Gasteiger partial charge in [-0.1, -0.05) is 25.8 Å². The number of nitrogens with zero attached hydrogens (tertiary/aromatic N) is 2. The number of aliphatic hydroxyl groups excluding tert-OH is 1. The fraction of sp³-hybridized carbons (Fsp3) is 0.409. The van der Waals surface area contributed by atoms with Crippen molar-refractivity contribution in [2.75, 3.05) is 11.9 Å². The number of amides is 2. The van der Waals surface area contributed by atoms with Gasteiger partial charge in [0.25, 0.3) is 5.91 Å². The number of benzene rings is 1. The van der Waals surface area contributed by atoms with Gasteiger partial charge in [-0.3, -0.25) is 9.59 Å². The molecule has 1 aromatic carbocycles. The number of nitrogens with one attached hydrogen (secondary N) is 3. The zero-order chi connectivity index (χ0) is 21.3. The molecule has 0 bridgehead atoms. The Hall–Kier alpha value is -3.13. The number of imidazole rings is 1. The molecule has 0 saturated heterocycles. The monoisotopic (exact) mass is 411 g/mol. The van der Waals surface area contributed by atoms with E-state index in [2.05, 4.69) is 32.1 Å². The molecule has 3 aromatic rings. The highest BCUT2D eigenvalue weighted by atomic mass is 16.3. The first-order valence-electron chi connectivity index (χ1n) is 10.4. The van der Waals surface area contributed by atoms with Gasteiger partial charge in [-0.2, -0.15) is 0 Å². The van der Waals surface area contributed by atoms with E-state index in [1.165, 1.54) is 12.5 Å². The summed E-state index contributed by atoms with van der Waals surface area (Å²) in [5.41, 5.74) is 2.13. The second-order valence-corrected chi connectivity index (χ2v) is 7.39. The van der Waals surface area contributed by atoms with Crippen molar-refractivity contribution in [2.45, 2.75) is 51.6 Å². The number of carbonyl (C=O) groups excluding carboxylic acids is 2. The molecule has 0 aliphatic carbocycles. The van der Waals surface area contributed by atoms with Crippen molar-refractivity contribution in [3.8, 4) is 0 Å². The number of H-pyrrole nitrogens is 1. The molecule has 8 heteroatoms. The lowest BCUT2D eigenvalue weighted by Crippen LogP contribution is -2.38. The highest BCUT2D eigenvalue weighted by Gasteiger charge is 2.14. The number of rotatable bonds is 11. The highest BCUT2D eigenvalue weighted by molar-refractivity contribution is 5.94. The summed E-state index contributed by atoms with van der Waals surface area (Å²) in [6, 6.07) is 7.49. The van der Waals surface area contributed by atoms with Gasteiger partial charge in [-0.15, -0.1) is 0 Å². The average molecular weight is 412 g/mol.